The number of hydrogen-bond acceptors (Lipinski definition) is 4. The van der Waals surface area contributed by atoms with Gasteiger partial charge in [0.1, 0.15) is 6.04 Å². The van der Waals surface area contributed by atoms with Gasteiger partial charge in [0, 0.05) is 12.4 Å². The van der Waals surface area contributed by atoms with Crippen molar-refractivity contribution in [2.45, 2.75) is 19.5 Å². The van der Waals surface area contributed by atoms with Crippen LogP contribution in [0.15, 0.2) is 36.8 Å². The van der Waals surface area contributed by atoms with Crippen LogP contribution in [0.4, 0.5) is 0 Å². The highest BCUT2D eigenvalue weighted by atomic mass is 35.5. The average molecular weight is 305 g/mol. The zero-order valence-electron chi connectivity index (χ0n) is 11.3. The van der Waals surface area contributed by atoms with E-state index in [4.69, 9.17) is 11.6 Å². The molecule has 3 heterocycles. The third-order valence-electron chi connectivity index (χ3n) is 3.15. The maximum Gasteiger partial charge on any atom is 0.244 e. The van der Waals surface area contributed by atoms with Crippen LogP contribution in [0.25, 0.3) is 5.65 Å². The third-order valence-corrected chi connectivity index (χ3v) is 3.35. The molecule has 0 aliphatic heterocycles. The van der Waals surface area contributed by atoms with Crippen molar-refractivity contribution in [3.8, 4) is 0 Å². The lowest BCUT2D eigenvalue weighted by Crippen LogP contribution is -2.31. The van der Waals surface area contributed by atoms with Gasteiger partial charge in [0.2, 0.25) is 5.91 Å². The van der Waals surface area contributed by atoms with Crippen LogP contribution >= 0.6 is 11.6 Å². The fraction of sp³-hybridized carbons (Fsp3) is 0.231. The first-order valence-corrected chi connectivity index (χ1v) is 6.79. The monoisotopic (exact) mass is 304 g/mol. The van der Waals surface area contributed by atoms with Crippen LogP contribution in [0, 0.1) is 0 Å². The van der Waals surface area contributed by atoms with Gasteiger partial charge in [-0.3, -0.25) is 13.9 Å². The molecule has 3 aromatic heterocycles. The van der Waals surface area contributed by atoms with Crippen LogP contribution in [0.5, 0.6) is 0 Å². The van der Waals surface area contributed by atoms with Gasteiger partial charge in [-0.05, 0) is 19.1 Å². The molecule has 1 amide bonds. The Morgan fingerprint density at radius 3 is 3.05 bits per heavy atom. The van der Waals surface area contributed by atoms with Gasteiger partial charge in [-0.1, -0.05) is 17.7 Å². The Labute approximate surface area is 125 Å². The van der Waals surface area contributed by atoms with Crippen molar-refractivity contribution in [3.63, 3.8) is 0 Å². The van der Waals surface area contributed by atoms with Gasteiger partial charge in [-0.2, -0.15) is 5.10 Å². The Kier molecular flexibility index (Phi) is 3.57. The van der Waals surface area contributed by atoms with Gasteiger partial charge in [-0.15, -0.1) is 10.2 Å². The molecule has 7 nitrogen and oxygen atoms in total. The number of rotatable bonds is 4. The molecule has 0 bridgehead atoms. The highest BCUT2D eigenvalue weighted by Crippen LogP contribution is 2.11. The summed E-state index contributed by atoms with van der Waals surface area (Å²) in [5, 5.41) is 15.4. The summed E-state index contributed by atoms with van der Waals surface area (Å²) in [6, 6.07) is 5.18. The standard InChI is InChI=1S/C13H13ClN6O/c1-9(20-8-10(14)6-16-20)13(21)15-7-12-18-17-11-4-2-3-5-19(11)12/h2-6,8-9H,7H2,1H3,(H,15,21)/t9-/m1/s1. The molecule has 0 aliphatic rings. The third kappa shape index (κ3) is 2.73. The van der Waals surface area contributed by atoms with Gasteiger partial charge in [0.25, 0.3) is 0 Å². The summed E-state index contributed by atoms with van der Waals surface area (Å²) in [5.41, 5.74) is 0.744. The highest BCUT2D eigenvalue weighted by Gasteiger charge is 2.16. The molecule has 0 unspecified atom stereocenters. The summed E-state index contributed by atoms with van der Waals surface area (Å²) in [7, 11) is 0. The van der Waals surface area contributed by atoms with E-state index in [2.05, 4.69) is 20.6 Å². The topological polar surface area (TPSA) is 77.1 Å². The minimum atomic E-state index is -0.448. The van der Waals surface area contributed by atoms with Gasteiger partial charge >= 0.3 is 0 Å². The quantitative estimate of drug-likeness (QED) is 0.791. The van der Waals surface area contributed by atoms with Gasteiger partial charge in [0.05, 0.1) is 17.8 Å². The van der Waals surface area contributed by atoms with E-state index < -0.39 is 6.04 Å². The van der Waals surface area contributed by atoms with Gasteiger partial charge in [0.15, 0.2) is 11.5 Å². The number of nitrogens with zero attached hydrogens (tertiary/aromatic N) is 5. The van der Waals surface area contributed by atoms with E-state index in [0.29, 0.717) is 17.4 Å². The average Bonchev–Trinajstić information content (AvgIpc) is 3.10. The fourth-order valence-corrected chi connectivity index (χ4v) is 2.12. The van der Waals surface area contributed by atoms with E-state index in [1.165, 1.54) is 10.9 Å². The number of amides is 1. The SMILES string of the molecule is C[C@H](C(=O)NCc1nnc2ccccn12)n1cc(Cl)cn1. The molecule has 0 saturated carbocycles. The van der Waals surface area contributed by atoms with E-state index in [1.54, 1.807) is 13.1 Å². The van der Waals surface area contributed by atoms with E-state index in [1.807, 2.05) is 28.8 Å². The Morgan fingerprint density at radius 1 is 1.43 bits per heavy atom. The minimum Gasteiger partial charge on any atom is -0.347 e. The summed E-state index contributed by atoms with van der Waals surface area (Å²) in [4.78, 5) is 12.1. The lowest BCUT2D eigenvalue weighted by molar-refractivity contribution is -0.124. The lowest BCUT2D eigenvalue weighted by atomic mass is 10.3. The minimum absolute atomic E-state index is 0.164. The number of aromatic nitrogens is 5. The molecule has 0 saturated heterocycles. The number of pyridine rings is 1. The lowest BCUT2D eigenvalue weighted by Gasteiger charge is -2.11. The molecule has 8 heteroatoms. The summed E-state index contributed by atoms with van der Waals surface area (Å²) in [6.45, 7) is 2.05. The van der Waals surface area contributed by atoms with Crippen LogP contribution in [0.3, 0.4) is 0 Å². The Hall–Kier alpha value is -2.41. The van der Waals surface area contributed by atoms with Crippen molar-refractivity contribution < 1.29 is 4.79 Å². The summed E-state index contributed by atoms with van der Waals surface area (Å²) in [6.07, 6.45) is 4.96. The van der Waals surface area contributed by atoms with Crippen LogP contribution in [0.2, 0.25) is 5.02 Å². The molecular formula is C13H13ClN6O. The predicted octanol–water partition coefficient (Wildman–Crippen LogP) is 1.46. The Morgan fingerprint density at radius 2 is 2.29 bits per heavy atom. The number of nitrogens with one attached hydrogen (secondary N) is 1. The van der Waals surface area contributed by atoms with Crippen molar-refractivity contribution in [1.29, 1.82) is 0 Å². The maximum atomic E-state index is 12.1. The summed E-state index contributed by atoms with van der Waals surface area (Å²) >= 11 is 5.80. The molecule has 0 radical (unpaired) electrons. The number of fused-ring (bicyclic) bond motifs is 1. The summed E-state index contributed by atoms with van der Waals surface area (Å²) < 4.78 is 3.34. The smallest absolute Gasteiger partial charge is 0.244 e. The molecule has 0 fully saturated rings. The maximum absolute atomic E-state index is 12.1. The molecule has 0 aromatic carbocycles. The first-order valence-electron chi connectivity index (χ1n) is 6.41. The van der Waals surface area contributed by atoms with Crippen LogP contribution < -0.4 is 5.32 Å². The first-order chi connectivity index (χ1) is 10.1. The van der Waals surface area contributed by atoms with Crippen molar-refractivity contribution in [2.75, 3.05) is 0 Å². The second-order valence-electron chi connectivity index (χ2n) is 4.58. The Bertz CT molecular complexity index is 780. The first kappa shape index (κ1) is 13.6. The molecule has 3 rings (SSSR count). The second kappa shape index (κ2) is 5.53. The van der Waals surface area contributed by atoms with E-state index in [-0.39, 0.29) is 5.91 Å². The van der Waals surface area contributed by atoms with Crippen LogP contribution in [-0.2, 0) is 11.3 Å². The molecular weight excluding hydrogens is 292 g/mol. The van der Waals surface area contributed by atoms with Gasteiger partial charge < -0.3 is 5.32 Å². The zero-order chi connectivity index (χ0) is 14.8. The fourth-order valence-electron chi connectivity index (χ4n) is 1.97. The van der Waals surface area contributed by atoms with Crippen molar-refractivity contribution in [3.05, 3.63) is 47.6 Å². The largest absolute Gasteiger partial charge is 0.347 e. The number of carbonyl (C=O) groups excluding carboxylic acids is 1. The van der Waals surface area contributed by atoms with Crippen molar-refractivity contribution >= 4 is 23.2 Å². The molecule has 0 aliphatic carbocycles. The number of hydrogen-bond donors (Lipinski definition) is 1. The summed E-state index contributed by atoms with van der Waals surface area (Å²) in [5.74, 6) is 0.507. The van der Waals surface area contributed by atoms with Crippen molar-refractivity contribution in [1.82, 2.24) is 29.7 Å². The van der Waals surface area contributed by atoms with E-state index in [9.17, 15) is 4.79 Å². The van der Waals surface area contributed by atoms with Crippen LogP contribution in [0.1, 0.15) is 18.8 Å². The zero-order valence-corrected chi connectivity index (χ0v) is 12.0. The number of halogens is 1. The molecule has 0 spiro atoms. The molecule has 1 N–H and O–H groups in total. The normalized spacial score (nSPS) is 12.5. The van der Waals surface area contributed by atoms with Crippen molar-refractivity contribution in [2.24, 2.45) is 0 Å². The molecule has 1 atom stereocenters. The predicted molar refractivity (Wildman–Crippen MR) is 76.8 cm³/mol. The molecule has 21 heavy (non-hydrogen) atoms. The molecule has 3 aromatic rings. The number of carbonyl (C=O) groups is 1. The van der Waals surface area contributed by atoms with E-state index in [0.717, 1.165) is 5.65 Å². The van der Waals surface area contributed by atoms with E-state index >= 15 is 0 Å². The highest BCUT2D eigenvalue weighted by molar-refractivity contribution is 6.30. The Balaban J connectivity index is 1.68. The second-order valence-corrected chi connectivity index (χ2v) is 5.01. The van der Waals surface area contributed by atoms with Crippen LogP contribution in [-0.4, -0.2) is 30.3 Å². The molecule has 108 valence electrons. The van der Waals surface area contributed by atoms with Gasteiger partial charge in [-0.25, -0.2) is 0 Å².